The Hall–Kier alpha value is -2.57. The lowest BCUT2D eigenvalue weighted by Gasteiger charge is -2.22. The van der Waals surface area contributed by atoms with E-state index >= 15 is 0 Å². The minimum absolute atomic E-state index is 0.110. The number of hydrogen-bond acceptors (Lipinski definition) is 5. The molecule has 1 aliphatic rings. The van der Waals surface area contributed by atoms with Crippen LogP contribution in [-0.2, 0) is 9.53 Å². The first kappa shape index (κ1) is 20.7. The molecule has 7 heteroatoms. The van der Waals surface area contributed by atoms with Crippen molar-refractivity contribution in [2.24, 2.45) is 0 Å². The van der Waals surface area contributed by atoms with Crippen LogP contribution in [0.2, 0.25) is 0 Å². The fourth-order valence-electron chi connectivity index (χ4n) is 3.24. The topological polar surface area (TPSA) is 87.7 Å². The lowest BCUT2D eigenvalue weighted by Crippen LogP contribution is -2.46. The molecule has 2 rings (SSSR count). The molecule has 0 unspecified atom stereocenters. The highest BCUT2D eigenvalue weighted by molar-refractivity contribution is 5.97. The summed E-state index contributed by atoms with van der Waals surface area (Å²) in [5.41, 5.74) is 1.39. The van der Waals surface area contributed by atoms with Crippen LogP contribution in [0.15, 0.2) is 24.3 Å². The number of benzene rings is 1. The van der Waals surface area contributed by atoms with Gasteiger partial charge in [0, 0.05) is 24.8 Å². The van der Waals surface area contributed by atoms with E-state index in [1.807, 2.05) is 12.1 Å². The highest BCUT2D eigenvalue weighted by Gasteiger charge is 2.18. The second-order valence-corrected chi connectivity index (χ2v) is 6.65. The lowest BCUT2D eigenvalue weighted by molar-refractivity contribution is -0.123. The molecule has 148 valence electrons. The summed E-state index contributed by atoms with van der Waals surface area (Å²) >= 11 is 0. The number of anilines is 1. The van der Waals surface area contributed by atoms with Gasteiger partial charge < -0.3 is 15.0 Å². The van der Waals surface area contributed by atoms with Crippen LogP contribution < -0.4 is 15.5 Å². The largest absolute Gasteiger partial charge is 0.452 e. The van der Waals surface area contributed by atoms with Crippen LogP contribution in [0.4, 0.5) is 10.5 Å². The molecule has 0 spiro atoms. The first-order valence-electron chi connectivity index (χ1n) is 9.66. The van der Waals surface area contributed by atoms with Crippen molar-refractivity contribution in [3.63, 3.8) is 0 Å². The monoisotopic (exact) mass is 375 g/mol. The molecule has 1 saturated carbocycles. The molecule has 7 nitrogen and oxygen atoms in total. The summed E-state index contributed by atoms with van der Waals surface area (Å²) in [6.45, 7) is 5.39. The molecule has 27 heavy (non-hydrogen) atoms. The van der Waals surface area contributed by atoms with Crippen molar-refractivity contribution in [1.82, 2.24) is 10.6 Å². The maximum atomic E-state index is 12.1. The zero-order valence-corrected chi connectivity index (χ0v) is 16.1. The van der Waals surface area contributed by atoms with Crippen molar-refractivity contribution in [3.8, 4) is 0 Å². The molecule has 3 amide bonds. The van der Waals surface area contributed by atoms with Crippen molar-refractivity contribution < 1.29 is 19.1 Å². The molecule has 2 N–H and O–H groups in total. The van der Waals surface area contributed by atoms with Gasteiger partial charge in [-0.05, 0) is 51.0 Å². The smallest absolute Gasteiger partial charge is 0.338 e. The molecule has 1 aromatic rings. The van der Waals surface area contributed by atoms with E-state index in [2.05, 4.69) is 29.4 Å². The van der Waals surface area contributed by atoms with Crippen LogP contribution in [0, 0.1) is 0 Å². The Labute approximate surface area is 160 Å². The summed E-state index contributed by atoms with van der Waals surface area (Å²) in [5, 5.41) is 4.98. The molecule has 0 bridgehead atoms. The SMILES string of the molecule is CCN(CC)c1ccc(C(=O)OCC(=O)NC(=O)NC2CCCCC2)cc1. The third kappa shape index (κ3) is 6.58. The van der Waals surface area contributed by atoms with Gasteiger partial charge in [0.2, 0.25) is 0 Å². The van der Waals surface area contributed by atoms with E-state index in [0.29, 0.717) is 5.56 Å². The van der Waals surface area contributed by atoms with E-state index < -0.39 is 24.5 Å². The number of rotatable bonds is 7. The van der Waals surface area contributed by atoms with Gasteiger partial charge in [-0.15, -0.1) is 0 Å². The maximum absolute atomic E-state index is 12.1. The van der Waals surface area contributed by atoms with Crippen LogP contribution in [-0.4, -0.2) is 43.6 Å². The number of urea groups is 1. The van der Waals surface area contributed by atoms with Crippen LogP contribution in [0.1, 0.15) is 56.3 Å². The van der Waals surface area contributed by atoms with Crippen molar-refractivity contribution in [1.29, 1.82) is 0 Å². The van der Waals surface area contributed by atoms with Crippen LogP contribution in [0.3, 0.4) is 0 Å². The van der Waals surface area contributed by atoms with Gasteiger partial charge in [0.05, 0.1) is 5.56 Å². The standard InChI is InChI=1S/C20H29N3O4/c1-3-23(4-2)17-12-10-15(11-13-17)19(25)27-14-18(24)22-20(26)21-16-8-6-5-7-9-16/h10-13,16H,3-9,14H2,1-2H3,(H2,21,22,24,26). The van der Waals surface area contributed by atoms with E-state index in [1.54, 1.807) is 12.1 Å². The summed E-state index contributed by atoms with van der Waals surface area (Å²) in [5.74, 6) is -1.24. The van der Waals surface area contributed by atoms with Gasteiger partial charge in [-0.1, -0.05) is 19.3 Å². The molecule has 0 saturated heterocycles. The second kappa shape index (κ2) is 10.5. The number of nitrogens with zero attached hydrogens (tertiary/aromatic N) is 1. The normalized spacial score (nSPS) is 14.3. The Kier molecular flexibility index (Phi) is 8.10. The highest BCUT2D eigenvalue weighted by atomic mass is 16.5. The van der Waals surface area contributed by atoms with Gasteiger partial charge in [-0.25, -0.2) is 9.59 Å². The average Bonchev–Trinajstić information content (AvgIpc) is 2.68. The number of nitrogens with one attached hydrogen (secondary N) is 2. The second-order valence-electron chi connectivity index (χ2n) is 6.65. The van der Waals surface area contributed by atoms with Gasteiger partial charge >= 0.3 is 12.0 Å². The van der Waals surface area contributed by atoms with E-state index in [9.17, 15) is 14.4 Å². The van der Waals surface area contributed by atoms with E-state index in [-0.39, 0.29) is 6.04 Å². The maximum Gasteiger partial charge on any atom is 0.338 e. The first-order valence-corrected chi connectivity index (χ1v) is 9.66. The first-order chi connectivity index (χ1) is 13.0. The summed E-state index contributed by atoms with van der Waals surface area (Å²) in [7, 11) is 0. The Balaban J connectivity index is 1.75. The van der Waals surface area contributed by atoms with Gasteiger partial charge in [0.1, 0.15) is 0 Å². The van der Waals surface area contributed by atoms with Gasteiger partial charge in [-0.3, -0.25) is 10.1 Å². The van der Waals surface area contributed by atoms with Crippen LogP contribution >= 0.6 is 0 Å². The molecule has 1 aromatic carbocycles. The zero-order valence-electron chi connectivity index (χ0n) is 16.1. The Morgan fingerprint density at radius 1 is 1.04 bits per heavy atom. The molecule has 0 heterocycles. The summed E-state index contributed by atoms with van der Waals surface area (Å²) in [6.07, 6.45) is 5.22. The average molecular weight is 375 g/mol. The number of carbonyl (C=O) groups is 3. The number of esters is 1. The van der Waals surface area contributed by atoms with E-state index in [4.69, 9.17) is 4.74 Å². The minimum atomic E-state index is -0.642. The van der Waals surface area contributed by atoms with Crippen LogP contribution in [0.25, 0.3) is 0 Å². The van der Waals surface area contributed by atoms with Crippen LogP contribution in [0.5, 0.6) is 0 Å². The number of amides is 3. The minimum Gasteiger partial charge on any atom is -0.452 e. The molecular formula is C20H29N3O4. The Morgan fingerprint density at radius 2 is 1.67 bits per heavy atom. The zero-order chi connectivity index (χ0) is 19.6. The molecule has 0 radical (unpaired) electrons. The van der Waals surface area contributed by atoms with E-state index in [1.165, 1.54) is 6.42 Å². The molecule has 0 aromatic heterocycles. The summed E-state index contributed by atoms with van der Waals surface area (Å²) in [4.78, 5) is 37.8. The Bertz CT molecular complexity index is 635. The number of ether oxygens (including phenoxy) is 1. The molecule has 0 aliphatic heterocycles. The third-order valence-corrected chi connectivity index (χ3v) is 4.76. The quantitative estimate of drug-likeness (QED) is 0.716. The lowest BCUT2D eigenvalue weighted by atomic mass is 9.96. The fourth-order valence-corrected chi connectivity index (χ4v) is 3.24. The number of carbonyl (C=O) groups excluding carboxylic acids is 3. The number of hydrogen-bond donors (Lipinski definition) is 2. The third-order valence-electron chi connectivity index (χ3n) is 4.76. The van der Waals surface area contributed by atoms with Gasteiger partial charge in [-0.2, -0.15) is 0 Å². The summed E-state index contributed by atoms with van der Waals surface area (Å²) < 4.78 is 4.99. The van der Waals surface area contributed by atoms with Crippen molar-refractivity contribution in [2.75, 3.05) is 24.6 Å². The predicted molar refractivity (Wildman–Crippen MR) is 104 cm³/mol. The summed E-state index contributed by atoms with van der Waals surface area (Å²) in [6, 6.07) is 6.61. The van der Waals surface area contributed by atoms with Gasteiger partial charge in [0.15, 0.2) is 6.61 Å². The van der Waals surface area contributed by atoms with Crippen molar-refractivity contribution in [2.45, 2.75) is 52.0 Å². The van der Waals surface area contributed by atoms with Crippen molar-refractivity contribution >= 4 is 23.6 Å². The Morgan fingerprint density at radius 3 is 2.26 bits per heavy atom. The van der Waals surface area contributed by atoms with Crippen molar-refractivity contribution in [3.05, 3.63) is 29.8 Å². The molecular weight excluding hydrogens is 346 g/mol. The molecule has 1 fully saturated rings. The molecule has 0 atom stereocenters. The molecule has 1 aliphatic carbocycles. The highest BCUT2D eigenvalue weighted by Crippen LogP contribution is 2.17. The van der Waals surface area contributed by atoms with E-state index in [0.717, 1.165) is 44.5 Å². The fraction of sp³-hybridized carbons (Fsp3) is 0.550. The predicted octanol–water partition coefficient (Wildman–Crippen LogP) is 2.85. The van der Waals surface area contributed by atoms with Gasteiger partial charge in [0.25, 0.3) is 5.91 Å². The number of imide groups is 1.